The van der Waals surface area contributed by atoms with Crippen LogP contribution in [0.4, 0.5) is 0 Å². The Morgan fingerprint density at radius 1 is 1.31 bits per heavy atom. The van der Waals surface area contributed by atoms with E-state index in [-0.39, 0.29) is 5.97 Å². The molecular weight excluding hydrogens is 202 g/mol. The van der Waals surface area contributed by atoms with E-state index in [1.807, 2.05) is 50.2 Å². The summed E-state index contributed by atoms with van der Waals surface area (Å²) in [5, 5.41) is 0. The number of nitrogens with zero attached hydrogens (tertiary/aromatic N) is 1. The highest BCUT2D eigenvalue weighted by molar-refractivity contribution is 5.91. The number of carbonyl (C=O) groups excluding carboxylic acids is 1. The van der Waals surface area contributed by atoms with Crippen LogP contribution in [0.15, 0.2) is 24.3 Å². The van der Waals surface area contributed by atoms with Gasteiger partial charge in [0.2, 0.25) is 0 Å². The van der Waals surface area contributed by atoms with Crippen molar-refractivity contribution in [3.8, 4) is 0 Å². The molecule has 16 heavy (non-hydrogen) atoms. The van der Waals surface area contributed by atoms with Crippen LogP contribution in [0.25, 0.3) is 0 Å². The van der Waals surface area contributed by atoms with Crippen molar-refractivity contribution in [1.82, 2.24) is 4.90 Å². The van der Waals surface area contributed by atoms with Gasteiger partial charge >= 0.3 is 5.97 Å². The molecule has 0 amide bonds. The molecule has 0 aliphatic carbocycles. The fourth-order valence-electron chi connectivity index (χ4n) is 1.43. The van der Waals surface area contributed by atoms with Crippen molar-refractivity contribution >= 4 is 5.97 Å². The van der Waals surface area contributed by atoms with Crippen LogP contribution in [0.2, 0.25) is 0 Å². The van der Waals surface area contributed by atoms with Crippen LogP contribution in [0.3, 0.4) is 0 Å². The van der Waals surface area contributed by atoms with E-state index in [4.69, 9.17) is 4.74 Å². The Morgan fingerprint density at radius 2 is 2.00 bits per heavy atom. The fraction of sp³-hybridized carbons (Fsp3) is 0.462. The Hall–Kier alpha value is -1.35. The van der Waals surface area contributed by atoms with E-state index < -0.39 is 0 Å². The molecule has 0 aromatic heterocycles. The maximum atomic E-state index is 11.8. The summed E-state index contributed by atoms with van der Waals surface area (Å²) in [7, 11) is 3.90. The molecule has 1 aromatic carbocycles. The molecule has 88 valence electrons. The molecule has 0 aliphatic rings. The van der Waals surface area contributed by atoms with Gasteiger partial charge in [0.15, 0.2) is 0 Å². The molecule has 0 unspecified atom stereocenters. The summed E-state index contributed by atoms with van der Waals surface area (Å²) in [6.45, 7) is 3.22. The van der Waals surface area contributed by atoms with Crippen LogP contribution >= 0.6 is 0 Å². The molecule has 0 atom stereocenters. The van der Waals surface area contributed by atoms with Crippen molar-refractivity contribution < 1.29 is 9.53 Å². The highest BCUT2D eigenvalue weighted by atomic mass is 16.5. The summed E-state index contributed by atoms with van der Waals surface area (Å²) < 4.78 is 5.20. The van der Waals surface area contributed by atoms with Gasteiger partial charge in [-0.05, 0) is 32.1 Å². The number of hydrogen-bond acceptors (Lipinski definition) is 3. The smallest absolute Gasteiger partial charge is 0.338 e. The highest BCUT2D eigenvalue weighted by Gasteiger charge is 2.10. The fourth-order valence-corrected chi connectivity index (χ4v) is 1.43. The predicted octanol–water partition coefficient (Wildman–Crippen LogP) is 1.97. The SMILES string of the molecule is CCc1ccccc1C(=O)OCCN(C)C. The van der Waals surface area contributed by atoms with Gasteiger partial charge in [0.1, 0.15) is 6.61 Å². The van der Waals surface area contributed by atoms with Crippen LogP contribution in [-0.2, 0) is 11.2 Å². The first-order chi connectivity index (χ1) is 7.65. The number of ether oxygens (including phenoxy) is 1. The molecular formula is C13H19NO2. The first kappa shape index (κ1) is 12.7. The van der Waals surface area contributed by atoms with Crippen molar-refractivity contribution in [3.05, 3.63) is 35.4 Å². The van der Waals surface area contributed by atoms with Crippen molar-refractivity contribution in [2.24, 2.45) is 0 Å². The Kier molecular flexibility index (Phi) is 4.99. The first-order valence-electron chi connectivity index (χ1n) is 5.55. The number of aryl methyl sites for hydroxylation is 1. The third-order valence-electron chi connectivity index (χ3n) is 2.39. The van der Waals surface area contributed by atoms with Gasteiger partial charge in [-0.2, -0.15) is 0 Å². The first-order valence-corrected chi connectivity index (χ1v) is 5.55. The van der Waals surface area contributed by atoms with Crippen LogP contribution < -0.4 is 0 Å². The Morgan fingerprint density at radius 3 is 2.62 bits per heavy atom. The summed E-state index contributed by atoms with van der Waals surface area (Å²) in [5.74, 6) is -0.223. The lowest BCUT2D eigenvalue weighted by atomic mass is 10.1. The van der Waals surface area contributed by atoms with E-state index in [9.17, 15) is 4.79 Å². The second-order valence-corrected chi connectivity index (χ2v) is 3.95. The summed E-state index contributed by atoms with van der Waals surface area (Å²) >= 11 is 0. The molecule has 0 saturated carbocycles. The van der Waals surface area contributed by atoms with Gasteiger partial charge in [0.25, 0.3) is 0 Å². The molecule has 3 nitrogen and oxygen atoms in total. The average Bonchev–Trinajstić information content (AvgIpc) is 2.28. The van der Waals surface area contributed by atoms with E-state index in [2.05, 4.69) is 0 Å². The van der Waals surface area contributed by atoms with E-state index >= 15 is 0 Å². The zero-order valence-corrected chi connectivity index (χ0v) is 10.2. The molecule has 0 fully saturated rings. The van der Waals surface area contributed by atoms with Crippen LogP contribution in [0.1, 0.15) is 22.8 Å². The third-order valence-corrected chi connectivity index (χ3v) is 2.39. The number of esters is 1. The lowest BCUT2D eigenvalue weighted by molar-refractivity contribution is 0.0480. The lowest BCUT2D eigenvalue weighted by Crippen LogP contribution is -2.20. The maximum Gasteiger partial charge on any atom is 0.338 e. The summed E-state index contributed by atoms with van der Waals surface area (Å²) in [6.07, 6.45) is 0.846. The highest BCUT2D eigenvalue weighted by Crippen LogP contribution is 2.10. The number of likely N-dealkylation sites (N-methyl/N-ethyl adjacent to an activating group) is 1. The normalized spacial score (nSPS) is 10.5. The molecule has 0 saturated heterocycles. The van der Waals surface area contributed by atoms with Crippen LogP contribution in [0, 0.1) is 0 Å². The third kappa shape index (κ3) is 3.66. The molecule has 3 heteroatoms. The predicted molar refractivity (Wildman–Crippen MR) is 64.7 cm³/mol. The Bertz CT molecular complexity index is 348. The average molecular weight is 221 g/mol. The minimum absolute atomic E-state index is 0.223. The van der Waals surface area contributed by atoms with Gasteiger partial charge < -0.3 is 9.64 Å². The van der Waals surface area contributed by atoms with Crippen molar-refractivity contribution in [3.63, 3.8) is 0 Å². The zero-order valence-electron chi connectivity index (χ0n) is 10.2. The molecule has 1 rings (SSSR count). The van der Waals surface area contributed by atoms with Gasteiger partial charge in [0.05, 0.1) is 5.56 Å². The van der Waals surface area contributed by atoms with Gasteiger partial charge in [-0.15, -0.1) is 0 Å². The second-order valence-electron chi connectivity index (χ2n) is 3.95. The van der Waals surface area contributed by atoms with Gasteiger partial charge in [-0.3, -0.25) is 0 Å². The number of benzene rings is 1. The molecule has 0 radical (unpaired) electrons. The molecule has 0 N–H and O–H groups in total. The van der Waals surface area contributed by atoms with Crippen molar-refractivity contribution in [2.45, 2.75) is 13.3 Å². The minimum atomic E-state index is -0.223. The van der Waals surface area contributed by atoms with Crippen LogP contribution in [0.5, 0.6) is 0 Å². The van der Waals surface area contributed by atoms with E-state index in [0.29, 0.717) is 12.2 Å². The van der Waals surface area contributed by atoms with Gasteiger partial charge in [-0.25, -0.2) is 4.79 Å². The number of carbonyl (C=O) groups is 1. The summed E-state index contributed by atoms with van der Waals surface area (Å²) in [6, 6.07) is 7.58. The van der Waals surface area contributed by atoms with Crippen molar-refractivity contribution in [1.29, 1.82) is 0 Å². The van der Waals surface area contributed by atoms with E-state index in [1.54, 1.807) is 0 Å². The summed E-state index contributed by atoms with van der Waals surface area (Å²) in [5.41, 5.74) is 1.72. The molecule has 0 aliphatic heterocycles. The quantitative estimate of drug-likeness (QED) is 0.712. The molecule has 0 spiro atoms. The van der Waals surface area contributed by atoms with Crippen LogP contribution in [-0.4, -0.2) is 38.1 Å². The maximum absolute atomic E-state index is 11.8. The minimum Gasteiger partial charge on any atom is -0.461 e. The Labute approximate surface area is 97.0 Å². The van der Waals surface area contributed by atoms with Gasteiger partial charge in [-0.1, -0.05) is 25.1 Å². The topological polar surface area (TPSA) is 29.5 Å². The molecule has 0 bridgehead atoms. The standard InChI is InChI=1S/C13H19NO2/c1-4-11-7-5-6-8-12(11)13(15)16-10-9-14(2)3/h5-8H,4,9-10H2,1-3H3. The van der Waals surface area contributed by atoms with Crippen molar-refractivity contribution in [2.75, 3.05) is 27.2 Å². The Balaban J connectivity index is 2.59. The zero-order chi connectivity index (χ0) is 12.0. The molecule has 1 aromatic rings. The monoisotopic (exact) mass is 221 g/mol. The van der Waals surface area contributed by atoms with E-state index in [1.165, 1.54) is 0 Å². The van der Waals surface area contributed by atoms with E-state index in [0.717, 1.165) is 18.5 Å². The molecule has 0 heterocycles. The second kappa shape index (κ2) is 6.28. The number of hydrogen-bond donors (Lipinski definition) is 0. The lowest BCUT2D eigenvalue weighted by Gasteiger charge is -2.11. The largest absolute Gasteiger partial charge is 0.461 e. The number of rotatable bonds is 5. The summed E-state index contributed by atoms with van der Waals surface area (Å²) in [4.78, 5) is 13.8. The van der Waals surface area contributed by atoms with Gasteiger partial charge in [0, 0.05) is 6.54 Å².